The lowest BCUT2D eigenvalue weighted by Gasteiger charge is -2.13. The van der Waals surface area contributed by atoms with Gasteiger partial charge in [-0.15, -0.1) is 0 Å². The number of aromatic nitrogens is 4. The number of hydrogen-bond donors (Lipinski definition) is 1. The number of imidazole rings is 1. The quantitative estimate of drug-likeness (QED) is 0.860. The van der Waals surface area contributed by atoms with E-state index >= 15 is 0 Å². The summed E-state index contributed by atoms with van der Waals surface area (Å²) < 4.78 is 4.06. The molecule has 1 unspecified atom stereocenters. The summed E-state index contributed by atoms with van der Waals surface area (Å²) in [5.41, 5.74) is 3.68. The van der Waals surface area contributed by atoms with Gasteiger partial charge < -0.3 is 9.88 Å². The van der Waals surface area contributed by atoms with Gasteiger partial charge >= 0.3 is 0 Å². The lowest BCUT2D eigenvalue weighted by atomic mass is 10.1. The van der Waals surface area contributed by atoms with Crippen molar-refractivity contribution >= 4 is 0 Å². The first-order chi connectivity index (χ1) is 9.08. The molecule has 1 N–H and O–H groups in total. The van der Waals surface area contributed by atoms with Crippen molar-refractivity contribution in [3.05, 3.63) is 35.7 Å². The number of rotatable bonds is 6. The lowest BCUT2D eigenvalue weighted by Crippen LogP contribution is -2.24. The lowest BCUT2D eigenvalue weighted by molar-refractivity contribution is 0.444. The highest BCUT2D eigenvalue weighted by Gasteiger charge is 2.09. The van der Waals surface area contributed by atoms with Gasteiger partial charge in [-0.3, -0.25) is 4.68 Å². The molecule has 0 amide bonds. The molecule has 104 valence electrons. The Morgan fingerprint density at radius 3 is 2.74 bits per heavy atom. The van der Waals surface area contributed by atoms with E-state index in [1.54, 1.807) is 0 Å². The Kier molecular flexibility index (Phi) is 4.37. The van der Waals surface area contributed by atoms with E-state index < -0.39 is 0 Å². The fourth-order valence-electron chi connectivity index (χ4n) is 2.34. The molecule has 0 aromatic carbocycles. The van der Waals surface area contributed by atoms with Gasteiger partial charge in [0, 0.05) is 43.8 Å². The Bertz CT molecular complexity index is 512. The monoisotopic (exact) mass is 261 g/mol. The number of hydrogen-bond acceptors (Lipinski definition) is 3. The van der Waals surface area contributed by atoms with Crippen molar-refractivity contribution in [1.82, 2.24) is 24.6 Å². The van der Waals surface area contributed by atoms with Gasteiger partial charge in [-0.1, -0.05) is 6.92 Å². The molecule has 0 bridgehead atoms. The van der Waals surface area contributed by atoms with Crippen molar-refractivity contribution < 1.29 is 0 Å². The average molecular weight is 261 g/mol. The molecule has 0 aliphatic rings. The van der Waals surface area contributed by atoms with Crippen LogP contribution in [0.4, 0.5) is 0 Å². The molecule has 2 aromatic heterocycles. The number of nitrogens with zero attached hydrogens (tertiary/aromatic N) is 4. The first-order valence-corrected chi connectivity index (χ1v) is 6.73. The molecular weight excluding hydrogens is 238 g/mol. The van der Waals surface area contributed by atoms with Crippen LogP contribution in [0.1, 0.15) is 23.9 Å². The molecule has 5 heteroatoms. The topological polar surface area (TPSA) is 47.7 Å². The van der Waals surface area contributed by atoms with Crippen molar-refractivity contribution in [2.45, 2.75) is 33.9 Å². The second kappa shape index (κ2) is 6.02. The Morgan fingerprint density at radius 1 is 1.37 bits per heavy atom. The summed E-state index contributed by atoms with van der Waals surface area (Å²) in [7, 11) is 1.99. The Balaban J connectivity index is 1.80. The van der Waals surface area contributed by atoms with Gasteiger partial charge in [0.05, 0.1) is 12.0 Å². The van der Waals surface area contributed by atoms with Gasteiger partial charge in [-0.2, -0.15) is 5.10 Å². The van der Waals surface area contributed by atoms with Gasteiger partial charge in [-0.25, -0.2) is 4.98 Å². The number of nitrogens with one attached hydrogen (secondary N) is 1. The Hall–Kier alpha value is -1.62. The second-order valence-corrected chi connectivity index (χ2v) is 5.27. The molecule has 0 radical (unpaired) electrons. The van der Waals surface area contributed by atoms with E-state index in [4.69, 9.17) is 0 Å². The van der Waals surface area contributed by atoms with E-state index in [0.717, 1.165) is 25.3 Å². The molecule has 0 saturated carbocycles. The van der Waals surface area contributed by atoms with Gasteiger partial charge in [-0.05, 0) is 26.3 Å². The van der Waals surface area contributed by atoms with Crippen LogP contribution in [-0.2, 0) is 20.1 Å². The predicted octanol–water partition coefficient (Wildman–Crippen LogP) is 1.66. The summed E-state index contributed by atoms with van der Waals surface area (Å²) >= 11 is 0. The first-order valence-electron chi connectivity index (χ1n) is 6.73. The van der Waals surface area contributed by atoms with Crippen molar-refractivity contribution in [2.24, 2.45) is 13.0 Å². The van der Waals surface area contributed by atoms with Crippen LogP contribution in [0.15, 0.2) is 18.7 Å². The van der Waals surface area contributed by atoms with Crippen LogP contribution < -0.4 is 5.32 Å². The normalized spacial score (nSPS) is 12.8. The molecule has 0 fully saturated rings. The molecule has 2 rings (SSSR count). The zero-order chi connectivity index (χ0) is 13.8. The second-order valence-electron chi connectivity index (χ2n) is 5.27. The van der Waals surface area contributed by atoms with Gasteiger partial charge in [0.2, 0.25) is 0 Å². The highest BCUT2D eigenvalue weighted by atomic mass is 15.3. The minimum Gasteiger partial charge on any atom is -0.337 e. The molecule has 1 atom stereocenters. The van der Waals surface area contributed by atoms with Crippen LogP contribution in [0.25, 0.3) is 0 Å². The zero-order valence-corrected chi connectivity index (χ0v) is 12.2. The van der Waals surface area contributed by atoms with Crippen LogP contribution in [0.5, 0.6) is 0 Å². The SMILES string of the molecule is Cc1nn(C)c(C)c1CNCC(C)Cn1ccnc1. The molecular formula is C14H23N5. The Morgan fingerprint density at radius 2 is 2.16 bits per heavy atom. The van der Waals surface area contributed by atoms with Crippen LogP contribution in [0.2, 0.25) is 0 Å². The highest BCUT2D eigenvalue weighted by molar-refractivity contribution is 5.23. The van der Waals surface area contributed by atoms with Gasteiger partial charge in [0.15, 0.2) is 0 Å². The van der Waals surface area contributed by atoms with E-state index in [-0.39, 0.29) is 0 Å². The number of aryl methyl sites for hydroxylation is 2. The summed E-state index contributed by atoms with van der Waals surface area (Å²) in [4.78, 5) is 4.06. The Labute approximate surface area is 114 Å². The van der Waals surface area contributed by atoms with E-state index in [1.807, 2.05) is 30.5 Å². The molecule has 0 spiro atoms. The largest absolute Gasteiger partial charge is 0.337 e. The highest BCUT2D eigenvalue weighted by Crippen LogP contribution is 2.11. The molecule has 0 aliphatic heterocycles. The fraction of sp³-hybridized carbons (Fsp3) is 0.571. The van der Waals surface area contributed by atoms with Crippen LogP contribution in [0, 0.1) is 19.8 Å². The average Bonchev–Trinajstić information content (AvgIpc) is 2.93. The third kappa shape index (κ3) is 3.44. The minimum absolute atomic E-state index is 0.575. The zero-order valence-electron chi connectivity index (χ0n) is 12.2. The van der Waals surface area contributed by atoms with Crippen LogP contribution in [-0.4, -0.2) is 25.9 Å². The molecule has 5 nitrogen and oxygen atoms in total. The van der Waals surface area contributed by atoms with E-state index in [2.05, 4.69) is 40.7 Å². The summed E-state index contributed by atoms with van der Waals surface area (Å²) in [6, 6.07) is 0. The smallest absolute Gasteiger partial charge is 0.0946 e. The van der Waals surface area contributed by atoms with Crippen molar-refractivity contribution in [2.75, 3.05) is 6.54 Å². The minimum atomic E-state index is 0.575. The predicted molar refractivity (Wildman–Crippen MR) is 75.8 cm³/mol. The standard InChI is InChI=1S/C14H23N5/c1-11(9-19-6-5-15-10-19)7-16-8-14-12(2)17-18(4)13(14)3/h5-6,10-11,16H,7-9H2,1-4H3. The third-order valence-electron chi connectivity index (χ3n) is 3.54. The fourth-order valence-corrected chi connectivity index (χ4v) is 2.34. The maximum atomic E-state index is 4.43. The van der Waals surface area contributed by atoms with Crippen LogP contribution in [0.3, 0.4) is 0 Å². The summed E-state index contributed by atoms with van der Waals surface area (Å²) in [5.74, 6) is 0.575. The maximum Gasteiger partial charge on any atom is 0.0946 e. The van der Waals surface area contributed by atoms with Crippen LogP contribution >= 0.6 is 0 Å². The summed E-state index contributed by atoms with van der Waals surface area (Å²) in [6.07, 6.45) is 5.69. The van der Waals surface area contributed by atoms with Gasteiger partial charge in [0.25, 0.3) is 0 Å². The van der Waals surface area contributed by atoms with Crippen molar-refractivity contribution in [3.63, 3.8) is 0 Å². The van der Waals surface area contributed by atoms with E-state index in [0.29, 0.717) is 5.92 Å². The van der Waals surface area contributed by atoms with Crippen molar-refractivity contribution in [3.8, 4) is 0 Å². The molecule has 0 saturated heterocycles. The summed E-state index contributed by atoms with van der Waals surface area (Å²) in [6.45, 7) is 9.31. The van der Waals surface area contributed by atoms with Gasteiger partial charge in [0.1, 0.15) is 0 Å². The van der Waals surface area contributed by atoms with E-state index in [9.17, 15) is 0 Å². The maximum absolute atomic E-state index is 4.43. The molecule has 2 aromatic rings. The molecule has 0 aliphatic carbocycles. The first kappa shape index (κ1) is 13.8. The molecule has 19 heavy (non-hydrogen) atoms. The third-order valence-corrected chi connectivity index (χ3v) is 3.54. The molecule has 2 heterocycles. The van der Waals surface area contributed by atoms with Crippen molar-refractivity contribution in [1.29, 1.82) is 0 Å². The van der Waals surface area contributed by atoms with E-state index in [1.165, 1.54) is 11.3 Å². The summed E-state index contributed by atoms with van der Waals surface area (Å²) in [5, 5.41) is 7.96.